The minimum atomic E-state index is -0.432. The molecule has 0 spiro atoms. The molecule has 4 nitrogen and oxygen atoms in total. The van der Waals surface area contributed by atoms with Crippen LogP contribution in [0.3, 0.4) is 0 Å². The SMILES string of the molecule is Oc1cc(O)nc(-c2cccc(F)c2)n1. The fraction of sp³-hybridized carbons (Fsp3) is 0. The first kappa shape index (κ1) is 9.39. The molecule has 2 rings (SSSR count). The van der Waals surface area contributed by atoms with E-state index >= 15 is 0 Å². The molecule has 0 atom stereocenters. The highest BCUT2D eigenvalue weighted by Crippen LogP contribution is 2.21. The lowest BCUT2D eigenvalue weighted by Crippen LogP contribution is -1.89. The second-order valence-electron chi connectivity index (χ2n) is 2.92. The molecule has 2 N–H and O–H groups in total. The van der Waals surface area contributed by atoms with Crippen molar-refractivity contribution in [3.8, 4) is 23.1 Å². The molecule has 0 fully saturated rings. The third-order valence-electron chi connectivity index (χ3n) is 1.78. The third-order valence-corrected chi connectivity index (χ3v) is 1.78. The quantitative estimate of drug-likeness (QED) is 0.745. The van der Waals surface area contributed by atoms with E-state index in [1.165, 1.54) is 18.2 Å². The summed E-state index contributed by atoms with van der Waals surface area (Å²) in [5, 5.41) is 18.2. The van der Waals surface area contributed by atoms with E-state index < -0.39 is 5.82 Å². The van der Waals surface area contributed by atoms with Gasteiger partial charge in [-0.25, -0.2) is 4.39 Å². The van der Waals surface area contributed by atoms with Crippen molar-refractivity contribution in [3.05, 3.63) is 36.1 Å². The Hall–Kier alpha value is -2.17. The molecule has 15 heavy (non-hydrogen) atoms. The predicted molar refractivity (Wildman–Crippen MR) is 50.8 cm³/mol. The lowest BCUT2D eigenvalue weighted by Gasteiger charge is -2.01. The standard InChI is InChI=1S/C10H7FN2O2/c11-7-3-1-2-6(4-7)10-12-8(14)5-9(15)13-10/h1-5H,(H2,12,13,14,15). The molecule has 0 radical (unpaired) electrons. The second kappa shape index (κ2) is 3.53. The number of aromatic hydroxyl groups is 2. The average molecular weight is 206 g/mol. The van der Waals surface area contributed by atoms with E-state index in [-0.39, 0.29) is 17.6 Å². The van der Waals surface area contributed by atoms with Gasteiger partial charge in [0, 0.05) is 5.56 Å². The Balaban J connectivity index is 2.54. The van der Waals surface area contributed by atoms with Crippen molar-refractivity contribution in [2.45, 2.75) is 0 Å². The lowest BCUT2D eigenvalue weighted by molar-refractivity contribution is 0.423. The van der Waals surface area contributed by atoms with Gasteiger partial charge >= 0.3 is 0 Å². The molecule has 0 amide bonds. The van der Waals surface area contributed by atoms with Crippen LogP contribution in [0.2, 0.25) is 0 Å². The van der Waals surface area contributed by atoms with Crippen molar-refractivity contribution in [2.75, 3.05) is 0 Å². The molecule has 76 valence electrons. The summed E-state index contributed by atoms with van der Waals surface area (Å²) in [4.78, 5) is 7.33. The maximum Gasteiger partial charge on any atom is 0.218 e. The van der Waals surface area contributed by atoms with Crippen molar-refractivity contribution in [3.63, 3.8) is 0 Å². The van der Waals surface area contributed by atoms with E-state index in [0.717, 1.165) is 6.07 Å². The summed E-state index contributed by atoms with van der Waals surface area (Å²) in [6.45, 7) is 0. The average Bonchev–Trinajstić information content (AvgIpc) is 2.16. The Labute approximate surface area is 84.7 Å². The van der Waals surface area contributed by atoms with Gasteiger partial charge in [0.2, 0.25) is 11.8 Å². The number of nitrogens with zero attached hydrogens (tertiary/aromatic N) is 2. The molecule has 0 aliphatic rings. The van der Waals surface area contributed by atoms with Crippen LogP contribution in [0.15, 0.2) is 30.3 Å². The number of aromatic nitrogens is 2. The highest BCUT2D eigenvalue weighted by molar-refractivity contribution is 5.55. The largest absolute Gasteiger partial charge is 0.493 e. The number of rotatable bonds is 1. The van der Waals surface area contributed by atoms with Gasteiger partial charge in [0.25, 0.3) is 0 Å². The molecule has 0 aliphatic heterocycles. The number of benzene rings is 1. The molecule has 1 aromatic heterocycles. The summed E-state index contributed by atoms with van der Waals surface area (Å²) < 4.78 is 12.9. The molecular formula is C10H7FN2O2. The highest BCUT2D eigenvalue weighted by atomic mass is 19.1. The van der Waals surface area contributed by atoms with Crippen LogP contribution in [0.5, 0.6) is 11.8 Å². The van der Waals surface area contributed by atoms with Crippen molar-refractivity contribution < 1.29 is 14.6 Å². The maximum absolute atomic E-state index is 12.9. The van der Waals surface area contributed by atoms with Gasteiger partial charge in [0.15, 0.2) is 5.82 Å². The number of hydrogen-bond acceptors (Lipinski definition) is 4. The second-order valence-corrected chi connectivity index (χ2v) is 2.92. The molecule has 0 saturated carbocycles. The third kappa shape index (κ3) is 2.01. The first-order chi connectivity index (χ1) is 7.15. The number of hydrogen-bond donors (Lipinski definition) is 2. The van der Waals surface area contributed by atoms with Gasteiger partial charge < -0.3 is 10.2 Å². The predicted octanol–water partition coefficient (Wildman–Crippen LogP) is 1.69. The van der Waals surface area contributed by atoms with Gasteiger partial charge in [0.1, 0.15) is 5.82 Å². The van der Waals surface area contributed by atoms with Crippen molar-refractivity contribution in [2.24, 2.45) is 0 Å². The van der Waals surface area contributed by atoms with Crippen LogP contribution in [0.25, 0.3) is 11.4 Å². The topological polar surface area (TPSA) is 66.2 Å². The Morgan fingerprint density at radius 3 is 2.27 bits per heavy atom. The molecule has 5 heteroatoms. The van der Waals surface area contributed by atoms with Gasteiger partial charge in [0.05, 0.1) is 6.07 Å². The summed E-state index contributed by atoms with van der Waals surface area (Å²) >= 11 is 0. The number of halogens is 1. The Kier molecular flexibility index (Phi) is 2.21. The lowest BCUT2D eigenvalue weighted by atomic mass is 10.2. The summed E-state index contributed by atoms with van der Waals surface area (Å²) in [5.74, 6) is -1.07. The van der Waals surface area contributed by atoms with Crippen LogP contribution >= 0.6 is 0 Å². The molecular weight excluding hydrogens is 199 g/mol. The Bertz CT molecular complexity index is 482. The van der Waals surface area contributed by atoms with Gasteiger partial charge in [-0.15, -0.1) is 0 Å². The monoisotopic (exact) mass is 206 g/mol. The molecule has 1 heterocycles. The smallest absolute Gasteiger partial charge is 0.218 e. The maximum atomic E-state index is 12.9. The van der Waals surface area contributed by atoms with Crippen molar-refractivity contribution >= 4 is 0 Å². The molecule has 0 saturated heterocycles. The summed E-state index contributed by atoms with van der Waals surface area (Å²) in [7, 11) is 0. The molecule has 2 aromatic rings. The highest BCUT2D eigenvalue weighted by Gasteiger charge is 2.05. The molecule has 0 unspecified atom stereocenters. The fourth-order valence-electron chi connectivity index (χ4n) is 1.18. The van der Waals surface area contributed by atoms with Gasteiger partial charge in [-0.1, -0.05) is 12.1 Å². The van der Waals surface area contributed by atoms with Gasteiger partial charge in [-0.2, -0.15) is 9.97 Å². The van der Waals surface area contributed by atoms with E-state index in [4.69, 9.17) is 10.2 Å². The minimum Gasteiger partial charge on any atom is -0.493 e. The zero-order chi connectivity index (χ0) is 10.8. The Morgan fingerprint density at radius 1 is 1.00 bits per heavy atom. The van der Waals surface area contributed by atoms with Gasteiger partial charge in [-0.3, -0.25) is 0 Å². The Morgan fingerprint density at radius 2 is 1.67 bits per heavy atom. The van der Waals surface area contributed by atoms with E-state index in [1.807, 2.05) is 0 Å². The molecule has 0 bridgehead atoms. The normalized spacial score (nSPS) is 10.2. The molecule has 0 aliphatic carbocycles. The van der Waals surface area contributed by atoms with Crippen LogP contribution in [-0.2, 0) is 0 Å². The van der Waals surface area contributed by atoms with E-state index in [9.17, 15) is 4.39 Å². The van der Waals surface area contributed by atoms with Crippen LogP contribution in [0.4, 0.5) is 4.39 Å². The fourth-order valence-corrected chi connectivity index (χ4v) is 1.18. The summed E-state index contributed by atoms with van der Waals surface area (Å²) in [6, 6.07) is 6.58. The van der Waals surface area contributed by atoms with E-state index in [0.29, 0.717) is 5.56 Å². The first-order valence-corrected chi connectivity index (χ1v) is 4.18. The van der Waals surface area contributed by atoms with E-state index in [2.05, 4.69) is 9.97 Å². The minimum absolute atomic E-state index is 0.0759. The van der Waals surface area contributed by atoms with Crippen molar-refractivity contribution in [1.29, 1.82) is 0 Å². The summed E-state index contributed by atoms with van der Waals surface area (Å²) in [5.41, 5.74) is 0.390. The van der Waals surface area contributed by atoms with Crippen LogP contribution in [0, 0.1) is 5.82 Å². The van der Waals surface area contributed by atoms with E-state index in [1.54, 1.807) is 6.07 Å². The summed E-state index contributed by atoms with van der Waals surface area (Å²) in [6.07, 6.45) is 0. The molecule has 1 aromatic carbocycles. The van der Waals surface area contributed by atoms with Crippen LogP contribution in [0.1, 0.15) is 0 Å². The first-order valence-electron chi connectivity index (χ1n) is 4.18. The van der Waals surface area contributed by atoms with Crippen LogP contribution < -0.4 is 0 Å². The zero-order valence-corrected chi connectivity index (χ0v) is 7.55. The van der Waals surface area contributed by atoms with Crippen molar-refractivity contribution in [1.82, 2.24) is 9.97 Å². The zero-order valence-electron chi connectivity index (χ0n) is 7.55. The van der Waals surface area contributed by atoms with Gasteiger partial charge in [-0.05, 0) is 12.1 Å². The van der Waals surface area contributed by atoms with Crippen LogP contribution in [-0.4, -0.2) is 20.2 Å².